The van der Waals surface area contributed by atoms with Crippen molar-refractivity contribution >= 4 is 23.5 Å². The fourth-order valence-corrected chi connectivity index (χ4v) is 3.96. The summed E-state index contributed by atoms with van der Waals surface area (Å²) in [5, 5.41) is 2.93. The molecule has 2 aromatic rings. The summed E-state index contributed by atoms with van der Waals surface area (Å²) in [4.78, 5) is 38.0. The van der Waals surface area contributed by atoms with E-state index in [1.54, 1.807) is 24.3 Å². The molecule has 0 bridgehead atoms. The minimum Gasteiger partial charge on any atom is -0.497 e. The number of anilines is 2. The average Bonchev–Trinajstić information content (AvgIpc) is 3.20. The Kier molecular flexibility index (Phi) is 6.11. The van der Waals surface area contributed by atoms with Gasteiger partial charge in [0.15, 0.2) is 0 Å². The molecule has 1 N–H and O–H groups in total. The summed E-state index contributed by atoms with van der Waals surface area (Å²) in [7, 11) is 1.59. The van der Waals surface area contributed by atoms with Crippen LogP contribution in [0.1, 0.15) is 31.4 Å². The Balaban J connectivity index is 1.35. The molecule has 0 saturated carbocycles. The first-order chi connectivity index (χ1) is 14.6. The summed E-state index contributed by atoms with van der Waals surface area (Å²) in [5.41, 5.74) is 1.52. The third-order valence-electron chi connectivity index (χ3n) is 5.64. The standard InChI is InChI=1S/C22H27N5O3/c1-30-19-7-5-6-18(13-19)27-15-16(12-20(27)28)21(29)24-14-17-8-9-23-22(25-17)26-10-3-2-4-11-26/h5-9,13,16H,2-4,10-12,14-15H2,1H3,(H,24,29). The molecule has 3 heterocycles. The van der Waals surface area contributed by atoms with Crippen molar-refractivity contribution in [1.82, 2.24) is 15.3 Å². The normalized spacial score (nSPS) is 19.1. The molecule has 1 aromatic carbocycles. The van der Waals surface area contributed by atoms with Crippen molar-refractivity contribution in [2.45, 2.75) is 32.2 Å². The SMILES string of the molecule is COc1cccc(N2CC(C(=O)NCc3ccnc(N4CCCCC4)n3)CC2=O)c1. The topological polar surface area (TPSA) is 87.7 Å². The van der Waals surface area contributed by atoms with E-state index in [1.165, 1.54) is 6.42 Å². The van der Waals surface area contributed by atoms with E-state index < -0.39 is 0 Å². The average molecular weight is 409 g/mol. The van der Waals surface area contributed by atoms with Crippen LogP contribution in [0.3, 0.4) is 0 Å². The van der Waals surface area contributed by atoms with Crippen LogP contribution in [-0.2, 0) is 16.1 Å². The van der Waals surface area contributed by atoms with E-state index in [4.69, 9.17) is 4.74 Å². The van der Waals surface area contributed by atoms with Crippen LogP contribution in [0.5, 0.6) is 5.75 Å². The Bertz CT molecular complexity index is 913. The molecule has 1 atom stereocenters. The molecule has 4 rings (SSSR count). The molecule has 2 aliphatic heterocycles. The molecule has 0 aliphatic carbocycles. The van der Waals surface area contributed by atoms with Crippen molar-refractivity contribution < 1.29 is 14.3 Å². The van der Waals surface area contributed by atoms with Crippen LogP contribution in [0.2, 0.25) is 0 Å². The summed E-state index contributed by atoms with van der Waals surface area (Å²) in [6, 6.07) is 9.14. The third-order valence-corrected chi connectivity index (χ3v) is 5.64. The van der Waals surface area contributed by atoms with Gasteiger partial charge in [0.25, 0.3) is 0 Å². The summed E-state index contributed by atoms with van der Waals surface area (Å²) in [5.74, 6) is 0.833. The Labute approximate surface area is 176 Å². The van der Waals surface area contributed by atoms with Crippen LogP contribution in [0, 0.1) is 5.92 Å². The van der Waals surface area contributed by atoms with Crippen molar-refractivity contribution in [3.63, 3.8) is 0 Å². The number of hydrogen-bond acceptors (Lipinski definition) is 6. The lowest BCUT2D eigenvalue weighted by Crippen LogP contribution is -2.33. The van der Waals surface area contributed by atoms with Crippen molar-refractivity contribution in [1.29, 1.82) is 0 Å². The maximum atomic E-state index is 12.7. The van der Waals surface area contributed by atoms with E-state index in [2.05, 4.69) is 20.2 Å². The van der Waals surface area contributed by atoms with Gasteiger partial charge in [-0.15, -0.1) is 0 Å². The van der Waals surface area contributed by atoms with E-state index in [0.29, 0.717) is 18.8 Å². The highest BCUT2D eigenvalue weighted by atomic mass is 16.5. The van der Waals surface area contributed by atoms with E-state index in [0.717, 1.165) is 43.3 Å². The first kappa shape index (κ1) is 20.1. The van der Waals surface area contributed by atoms with Crippen molar-refractivity contribution in [2.75, 3.05) is 36.5 Å². The van der Waals surface area contributed by atoms with Gasteiger partial charge in [0.2, 0.25) is 17.8 Å². The van der Waals surface area contributed by atoms with Crippen molar-refractivity contribution in [2.24, 2.45) is 5.92 Å². The second kappa shape index (κ2) is 9.11. The lowest BCUT2D eigenvalue weighted by atomic mass is 10.1. The number of ether oxygens (including phenoxy) is 1. The molecule has 2 amide bonds. The Morgan fingerprint density at radius 3 is 2.87 bits per heavy atom. The Hall–Kier alpha value is -3.16. The van der Waals surface area contributed by atoms with E-state index in [-0.39, 0.29) is 24.2 Å². The number of piperidine rings is 1. The van der Waals surface area contributed by atoms with Gasteiger partial charge in [-0.25, -0.2) is 9.97 Å². The zero-order valence-electron chi connectivity index (χ0n) is 17.2. The summed E-state index contributed by atoms with van der Waals surface area (Å²) in [6.45, 7) is 2.63. The number of rotatable bonds is 6. The number of nitrogens with one attached hydrogen (secondary N) is 1. The largest absolute Gasteiger partial charge is 0.497 e. The number of carbonyl (C=O) groups is 2. The zero-order chi connectivity index (χ0) is 20.9. The highest BCUT2D eigenvalue weighted by Crippen LogP contribution is 2.28. The van der Waals surface area contributed by atoms with Gasteiger partial charge in [-0.2, -0.15) is 0 Å². The molecule has 1 unspecified atom stereocenters. The number of carbonyl (C=O) groups excluding carboxylic acids is 2. The van der Waals surface area contributed by atoms with Gasteiger partial charge in [-0.1, -0.05) is 6.07 Å². The molecule has 2 fully saturated rings. The van der Waals surface area contributed by atoms with E-state index >= 15 is 0 Å². The number of hydrogen-bond donors (Lipinski definition) is 1. The van der Waals surface area contributed by atoms with Gasteiger partial charge < -0.3 is 19.9 Å². The van der Waals surface area contributed by atoms with Crippen molar-refractivity contribution in [3.8, 4) is 5.75 Å². The maximum Gasteiger partial charge on any atom is 0.227 e. The minimum absolute atomic E-state index is 0.0576. The molecular formula is C22H27N5O3. The smallest absolute Gasteiger partial charge is 0.227 e. The lowest BCUT2D eigenvalue weighted by molar-refractivity contribution is -0.126. The van der Waals surface area contributed by atoms with Crippen LogP contribution < -0.4 is 19.9 Å². The van der Waals surface area contributed by atoms with Crippen molar-refractivity contribution in [3.05, 3.63) is 42.2 Å². The molecular weight excluding hydrogens is 382 g/mol. The van der Waals surface area contributed by atoms with Gasteiger partial charge >= 0.3 is 0 Å². The zero-order valence-corrected chi connectivity index (χ0v) is 17.2. The lowest BCUT2D eigenvalue weighted by Gasteiger charge is -2.26. The number of nitrogens with zero attached hydrogens (tertiary/aromatic N) is 4. The number of aromatic nitrogens is 2. The predicted octanol–water partition coefficient (Wildman–Crippen LogP) is 2.14. The highest BCUT2D eigenvalue weighted by Gasteiger charge is 2.35. The number of amides is 2. The van der Waals surface area contributed by atoms with Crippen LogP contribution in [0.25, 0.3) is 0 Å². The molecule has 8 nitrogen and oxygen atoms in total. The first-order valence-electron chi connectivity index (χ1n) is 10.4. The second-order valence-corrected chi connectivity index (χ2v) is 7.72. The number of methoxy groups -OCH3 is 1. The van der Waals surface area contributed by atoms with Gasteiger partial charge in [-0.05, 0) is 37.5 Å². The fraction of sp³-hybridized carbons (Fsp3) is 0.455. The van der Waals surface area contributed by atoms with E-state index in [1.807, 2.05) is 24.3 Å². The minimum atomic E-state index is -0.382. The fourth-order valence-electron chi connectivity index (χ4n) is 3.96. The molecule has 0 radical (unpaired) electrons. The Morgan fingerprint density at radius 2 is 2.07 bits per heavy atom. The first-order valence-corrected chi connectivity index (χ1v) is 10.4. The maximum absolute atomic E-state index is 12.7. The van der Waals surface area contributed by atoms with Crippen LogP contribution in [0.4, 0.5) is 11.6 Å². The van der Waals surface area contributed by atoms with Gasteiger partial charge in [0, 0.05) is 44.0 Å². The van der Waals surface area contributed by atoms with E-state index in [9.17, 15) is 9.59 Å². The number of benzene rings is 1. The van der Waals surface area contributed by atoms with Gasteiger partial charge in [-0.3, -0.25) is 9.59 Å². The molecule has 0 spiro atoms. The molecule has 8 heteroatoms. The van der Waals surface area contributed by atoms with Gasteiger partial charge in [0.1, 0.15) is 5.75 Å². The summed E-state index contributed by atoms with van der Waals surface area (Å²) in [6.07, 6.45) is 5.50. The van der Waals surface area contributed by atoms with Crippen LogP contribution in [-0.4, -0.2) is 48.5 Å². The van der Waals surface area contributed by atoms with Gasteiger partial charge in [0.05, 0.1) is 25.3 Å². The third kappa shape index (κ3) is 4.53. The van der Waals surface area contributed by atoms with Crippen LogP contribution in [0.15, 0.2) is 36.5 Å². The predicted molar refractivity (Wildman–Crippen MR) is 113 cm³/mol. The molecule has 2 saturated heterocycles. The highest BCUT2D eigenvalue weighted by molar-refractivity contribution is 6.00. The monoisotopic (exact) mass is 409 g/mol. The molecule has 30 heavy (non-hydrogen) atoms. The summed E-state index contributed by atoms with van der Waals surface area (Å²) < 4.78 is 5.23. The van der Waals surface area contributed by atoms with Crippen LogP contribution >= 0.6 is 0 Å². The molecule has 1 aromatic heterocycles. The quantitative estimate of drug-likeness (QED) is 0.787. The molecule has 2 aliphatic rings. The molecule has 158 valence electrons. The second-order valence-electron chi connectivity index (χ2n) is 7.72. The summed E-state index contributed by atoms with van der Waals surface area (Å²) >= 11 is 0. The Morgan fingerprint density at radius 1 is 1.23 bits per heavy atom.